The smallest absolute Gasteiger partial charge is 0.306 e. The van der Waals surface area contributed by atoms with Crippen molar-refractivity contribution in [1.29, 1.82) is 0 Å². The van der Waals surface area contributed by atoms with Gasteiger partial charge in [-0.2, -0.15) is 0 Å². The van der Waals surface area contributed by atoms with Gasteiger partial charge in [0, 0.05) is 5.56 Å². The highest BCUT2D eigenvalue weighted by Gasteiger charge is 2.29. The van der Waals surface area contributed by atoms with Gasteiger partial charge in [0.2, 0.25) is 0 Å². The van der Waals surface area contributed by atoms with Gasteiger partial charge in [0.05, 0.1) is 12.0 Å². The van der Waals surface area contributed by atoms with Crippen LogP contribution < -0.4 is 0 Å². The van der Waals surface area contributed by atoms with Crippen molar-refractivity contribution in [3.8, 4) is 0 Å². The van der Waals surface area contributed by atoms with Crippen LogP contribution in [0.3, 0.4) is 0 Å². The van der Waals surface area contributed by atoms with E-state index in [1.807, 2.05) is 11.8 Å². The Hall–Kier alpha value is -1.75. The number of rotatable bonds is 4. The number of carboxylic acid groups (broad SMARTS) is 1. The van der Waals surface area contributed by atoms with E-state index in [1.165, 1.54) is 12.1 Å². The van der Waals surface area contributed by atoms with Crippen molar-refractivity contribution in [2.24, 2.45) is 5.92 Å². The molecule has 0 spiro atoms. The van der Waals surface area contributed by atoms with Gasteiger partial charge in [-0.1, -0.05) is 0 Å². The van der Waals surface area contributed by atoms with E-state index in [2.05, 4.69) is 0 Å². The van der Waals surface area contributed by atoms with E-state index in [9.17, 15) is 14.0 Å². The van der Waals surface area contributed by atoms with Crippen molar-refractivity contribution in [3.63, 3.8) is 0 Å². The number of Topliss-reactive ketones (excluding diaryl/α,β-unsaturated/α-hetero) is 1. The van der Waals surface area contributed by atoms with Crippen LogP contribution in [0, 0.1) is 18.7 Å². The molecule has 5 heteroatoms. The van der Waals surface area contributed by atoms with Gasteiger partial charge in [0.25, 0.3) is 0 Å². The molecular weight excluding hydrogens is 273 g/mol. The Balaban J connectivity index is 2.03. The highest BCUT2D eigenvalue weighted by molar-refractivity contribution is 6.00. The Morgan fingerprint density at radius 1 is 1.33 bits per heavy atom. The van der Waals surface area contributed by atoms with E-state index in [0.717, 1.165) is 0 Å². The zero-order valence-electron chi connectivity index (χ0n) is 12.3. The molecule has 0 amide bonds. The van der Waals surface area contributed by atoms with Gasteiger partial charge in [-0.15, -0.1) is 0 Å². The van der Waals surface area contributed by atoms with Crippen molar-refractivity contribution in [1.82, 2.24) is 4.90 Å². The van der Waals surface area contributed by atoms with E-state index in [4.69, 9.17) is 5.11 Å². The molecule has 1 aliphatic heterocycles. The lowest BCUT2D eigenvalue weighted by atomic mass is 9.94. The molecule has 21 heavy (non-hydrogen) atoms. The number of carboxylic acids is 1. The first-order valence-corrected chi connectivity index (χ1v) is 7.17. The van der Waals surface area contributed by atoms with Crippen molar-refractivity contribution >= 4 is 11.8 Å². The van der Waals surface area contributed by atoms with Crippen LogP contribution in [0.5, 0.6) is 0 Å². The standard InChI is InChI=1S/C16H20FNO3/c1-10-9-13(3-4-14(10)17)15(19)11(2)18-7-5-12(6-8-18)16(20)21/h3-4,9,11-12H,5-8H2,1-2H3,(H,20,21). The summed E-state index contributed by atoms with van der Waals surface area (Å²) in [6.07, 6.45) is 1.13. The summed E-state index contributed by atoms with van der Waals surface area (Å²) in [5.41, 5.74) is 0.958. The summed E-state index contributed by atoms with van der Waals surface area (Å²) < 4.78 is 13.3. The third kappa shape index (κ3) is 3.47. The van der Waals surface area contributed by atoms with Gasteiger partial charge in [-0.05, 0) is 63.5 Å². The van der Waals surface area contributed by atoms with Gasteiger partial charge in [-0.3, -0.25) is 14.5 Å². The van der Waals surface area contributed by atoms with Crippen molar-refractivity contribution < 1.29 is 19.1 Å². The average molecular weight is 293 g/mol. The third-order valence-electron chi connectivity index (χ3n) is 4.25. The predicted molar refractivity (Wildman–Crippen MR) is 76.9 cm³/mol. The molecule has 1 aromatic rings. The van der Waals surface area contributed by atoms with Crippen LogP contribution in [0.4, 0.5) is 4.39 Å². The van der Waals surface area contributed by atoms with Crippen LogP contribution in [0.25, 0.3) is 0 Å². The van der Waals surface area contributed by atoms with E-state index in [0.29, 0.717) is 37.1 Å². The van der Waals surface area contributed by atoms with Crippen LogP contribution in [0.2, 0.25) is 0 Å². The maximum absolute atomic E-state index is 13.3. The first-order valence-electron chi connectivity index (χ1n) is 7.17. The topological polar surface area (TPSA) is 57.6 Å². The minimum atomic E-state index is -0.761. The Morgan fingerprint density at radius 3 is 2.48 bits per heavy atom. The number of carbonyl (C=O) groups is 2. The molecule has 1 saturated heterocycles. The summed E-state index contributed by atoms with van der Waals surface area (Å²) in [4.78, 5) is 25.4. The van der Waals surface area contributed by atoms with E-state index < -0.39 is 5.97 Å². The molecule has 1 unspecified atom stereocenters. The second-order valence-corrected chi connectivity index (χ2v) is 5.65. The number of nitrogens with zero attached hydrogens (tertiary/aromatic N) is 1. The molecule has 1 heterocycles. The minimum absolute atomic E-state index is 0.0492. The molecule has 1 atom stereocenters. The molecule has 1 N–H and O–H groups in total. The maximum Gasteiger partial charge on any atom is 0.306 e. The SMILES string of the molecule is Cc1cc(C(=O)C(C)N2CCC(C(=O)O)CC2)ccc1F. The summed E-state index contributed by atoms with van der Waals surface area (Å²) in [6, 6.07) is 4.07. The Kier molecular flexibility index (Phi) is 4.73. The van der Waals surface area contributed by atoms with Crippen molar-refractivity contribution in [2.45, 2.75) is 32.7 Å². The molecular formula is C16H20FNO3. The molecule has 1 aromatic carbocycles. The van der Waals surface area contributed by atoms with Crippen molar-refractivity contribution in [2.75, 3.05) is 13.1 Å². The number of halogens is 1. The first kappa shape index (κ1) is 15.6. The quantitative estimate of drug-likeness (QED) is 0.867. The molecule has 0 bridgehead atoms. The number of benzene rings is 1. The summed E-state index contributed by atoms with van der Waals surface area (Å²) in [5.74, 6) is -1.44. The second-order valence-electron chi connectivity index (χ2n) is 5.65. The highest BCUT2D eigenvalue weighted by Crippen LogP contribution is 2.21. The average Bonchev–Trinajstić information content (AvgIpc) is 2.48. The molecule has 2 rings (SSSR count). The van der Waals surface area contributed by atoms with Gasteiger partial charge in [0.1, 0.15) is 5.82 Å². The largest absolute Gasteiger partial charge is 0.481 e. The molecule has 0 radical (unpaired) electrons. The Morgan fingerprint density at radius 2 is 1.95 bits per heavy atom. The van der Waals surface area contributed by atoms with Crippen LogP contribution >= 0.6 is 0 Å². The fourth-order valence-corrected chi connectivity index (χ4v) is 2.74. The zero-order chi connectivity index (χ0) is 15.6. The summed E-state index contributed by atoms with van der Waals surface area (Å²) in [5, 5.41) is 8.99. The monoisotopic (exact) mass is 293 g/mol. The van der Waals surface area contributed by atoms with Crippen LogP contribution in [0.15, 0.2) is 18.2 Å². The lowest BCUT2D eigenvalue weighted by Gasteiger charge is -2.34. The molecule has 1 fully saturated rings. The number of aryl methyl sites for hydroxylation is 1. The number of piperidine rings is 1. The summed E-state index contributed by atoms with van der Waals surface area (Å²) in [7, 11) is 0. The first-order chi connectivity index (χ1) is 9.90. The lowest BCUT2D eigenvalue weighted by molar-refractivity contribution is -0.143. The van der Waals surface area contributed by atoms with E-state index in [-0.39, 0.29) is 23.6 Å². The van der Waals surface area contributed by atoms with E-state index in [1.54, 1.807) is 13.0 Å². The highest BCUT2D eigenvalue weighted by atomic mass is 19.1. The van der Waals surface area contributed by atoms with Crippen LogP contribution in [-0.4, -0.2) is 40.9 Å². The molecule has 4 nitrogen and oxygen atoms in total. The predicted octanol–water partition coefficient (Wildman–Crippen LogP) is 2.50. The van der Waals surface area contributed by atoms with Crippen LogP contribution in [0.1, 0.15) is 35.7 Å². The number of ketones is 1. The van der Waals surface area contributed by atoms with Gasteiger partial charge >= 0.3 is 5.97 Å². The zero-order valence-corrected chi connectivity index (χ0v) is 12.3. The molecule has 0 aliphatic carbocycles. The second kappa shape index (κ2) is 6.35. The lowest BCUT2D eigenvalue weighted by Crippen LogP contribution is -2.45. The van der Waals surface area contributed by atoms with Gasteiger partial charge in [0.15, 0.2) is 5.78 Å². The fraction of sp³-hybridized carbons (Fsp3) is 0.500. The van der Waals surface area contributed by atoms with Gasteiger partial charge in [-0.25, -0.2) is 4.39 Å². The molecule has 0 saturated carbocycles. The van der Waals surface area contributed by atoms with Crippen LogP contribution in [-0.2, 0) is 4.79 Å². The summed E-state index contributed by atoms with van der Waals surface area (Å²) in [6.45, 7) is 4.66. The maximum atomic E-state index is 13.3. The molecule has 114 valence electrons. The summed E-state index contributed by atoms with van der Waals surface area (Å²) >= 11 is 0. The number of aliphatic carboxylic acids is 1. The van der Waals surface area contributed by atoms with Crippen molar-refractivity contribution in [3.05, 3.63) is 35.1 Å². The number of likely N-dealkylation sites (tertiary alicyclic amines) is 1. The normalized spacial score (nSPS) is 18.4. The minimum Gasteiger partial charge on any atom is -0.481 e. The Bertz CT molecular complexity index is 550. The molecule has 1 aliphatic rings. The number of hydrogen-bond acceptors (Lipinski definition) is 3. The Labute approximate surface area is 123 Å². The van der Waals surface area contributed by atoms with E-state index >= 15 is 0 Å². The molecule has 0 aromatic heterocycles. The third-order valence-corrected chi connectivity index (χ3v) is 4.25. The number of hydrogen-bond donors (Lipinski definition) is 1. The number of carbonyl (C=O) groups excluding carboxylic acids is 1. The fourth-order valence-electron chi connectivity index (χ4n) is 2.74. The van der Waals surface area contributed by atoms with Gasteiger partial charge < -0.3 is 5.11 Å².